The van der Waals surface area contributed by atoms with Crippen molar-refractivity contribution in [3.05, 3.63) is 59.2 Å². The Labute approximate surface area is 234 Å². The summed E-state index contributed by atoms with van der Waals surface area (Å²) < 4.78 is 6.41. The fraction of sp³-hybridized carbons (Fsp3) is 0.500. The average molecular weight is 551 g/mol. The van der Waals surface area contributed by atoms with E-state index in [0.717, 1.165) is 36.0 Å². The molecular formula is C30H38N4O6. The number of aromatic hydroxyl groups is 1. The highest BCUT2D eigenvalue weighted by Gasteiger charge is 2.43. The van der Waals surface area contributed by atoms with Gasteiger partial charge in [-0.15, -0.1) is 5.06 Å². The van der Waals surface area contributed by atoms with Crippen LogP contribution in [-0.2, 0) is 19.2 Å². The molecule has 2 aromatic rings. The van der Waals surface area contributed by atoms with Crippen molar-refractivity contribution in [1.29, 1.82) is 0 Å². The molecule has 3 atom stereocenters. The summed E-state index contributed by atoms with van der Waals surface area (Å²) in [5.74, 6) is -0.163. The number of hydrogen-bond acceptors (Lipinski definition) is 8. The maximum atomic E-state index is 14.3. The Balaban J connectivity index is 1.54. The summed E-state index contributed by atoms with van der Waals surface area (Å²) in [5, 5.41) is 18.1. The SMILES string of the molecule is CC(=O)ON1CCCCN2CCCNC(=O)C[C@@H](NCCC1)c1ccc3c(c1)[C@H](C2=O)[C@@H](c1ccc(O)cc1)O3. The molecule has 10 nitrogen and oxygen atoms in total. The highest BCUT2D eigenvalue weighted by molar-refractivity contribution is 5.87. The number of fused-ring (bicyclic) bond motifs is 1. The number of hydrogen-bond donors (Lipinski definition) is 3. The summed E-state index contributed by atoms with van der Waals surface area (Å²) in [6, 6.07) is 12.4. The Kier molecular flexibility index (Phi) is 8.86. The van der Waals surface area contributed by atoms with Crippen LogP contribution < -0.4 is 15.4 Å². The van der Waals surface area contributed by atoms with Gasteiger partial charge in [0.25, 0.3) is 0 Å². The second-order valence-corrected chi connectivity index (χ2v) is 10.7. The molecule has 0 spiro atoms. The van der Waals surface area contributed by atoms with Gasteiger partial charge in [0.05, 0.1) is 0 Å². The molecule has 3 N–H and O–H groups in total. The van der Waals surface area contributed by atoms with E-state index in [0.29, 0.717) is 51.4 Å². The zero-order valence-electron chi connectivity index (χ0n) is 22.9. The Morgan fingerprint density at radius 1 is 0.950 bits per heavy atom. The normalized spacial score (nSPS) is 24.7. The zero-order valence-corrected chi connectivity index (χ0v) is 22.9. The van der Waals surface area contributed by atoms with Crippen LogP contribution in [0.4, 0.5) is 0 Å². The number of hydroxylamine groups is 2. The van der Waals surface area contributed by atoms with Gasteiger partial charge in [-0.05, 0) is 67.6 Å². The smallest absolute Gasteiger partial charge is 0.322 e. The van der Waals surface area contributed by atoms with E-state index in [9.17, 15) is 19.5 Å². The molecule has 5 rings (SSSR count). The lowest BCUT2D eigenvalue weighted by Gasteiger charge is -2.29. The van der Waals surface area contributed by atoms with Gasteiger partial charge in [0.1, 0.15) is 23.5 Å². The van der Waals surface area contributed by atoms with E-state index in [-0.39, 0.29) is 36.0 Å². The van der Waals surface area contributed by atoms with Crippen LogP contribution in [0.25, 0.3) is 0 Å². The number of phenols is 1. The first-order valence-electron chi connectivity index (χ1n) is 14.2. The lowest BCUT2D eigenvalue weighted by molar-refractivity contribution is -0.188. The fourth-order valence-electron chi connectivity index (χ4n) is 5.79. The zero-order chi connectivity index (χ0) is 28.1. The van der Waals surface area contributed by atoms with Crippen LogP contribution >= 0.6 is 0 Å². The Morgan fingerprint density at radius 3 is 2.45 bits per heavy atom. The largest absolute Gasteiger partial charge is 0.508 e. The minimum atomic E-state index is -0.560. The van der Waals surface area contributed by atoms with Gasteiger partial charge >= 0.3 is 5.97 Å². The summed E-state index contributed by atoms with van der Waals surface area (Å²) in [6.45, 7) is 4.70. The third-order valence-corrected chi connectivity index (χ3v) is 7.76. The molecule has 3 aliphatic rings. The molecule has 40 heavy (non-hydrogen) atoms. The monoisotopic (exact) mass is 550 g/mol. The lowest BCUT2D eigenvalue weighted by Crippen LogP contribution is -2.39. The first-order chi connectivity index (χ1) is 19.4. The summed E-state index contributed by atoms with van der Waals surface area (Å²) in [4.78, 5) is 46.2. The third-order valence-electron chi connectivity index (χ3n) is 7.76. The summed E-state index contributed by atoms with van der Waals surface area (Å²) >= 11 is 0. The lowest BCUT2D eigenvalue weighted by atomic mass is 9.87. The first kappa shape index (κ1) is 27.9. The quantitative estimate of drug-likeness (QED) is 0.522. The second-order valence-electron chi connectivity index (χ2n) is 10.7. The summed E-state index contributed by atoms with van der Waals surface area (Å²) in [5.41, 5.74) is 2.55. The van der Waals surface area contributed by atoms with Crippen molar-refractivity contribution in [2.24, 2.45) is 0 Å². The number of nitrogens with zero attached hydrogens (tertiary/aromatic N) is 2. The van der Waals surface area contributed by atoms with E-state index in [1.807, 2.05) is 23.1 Å². The minimum absolute atomic E-state index is 0.0204. The van der Waals surface area contributed by atoms with Gasteiger partial charge in [-0.2, -0.15) is 0 Å². The Morgan fingerprint density at radius 2 is 1.65 bits per heavy atom. The van der Waals surface area contributed by atoms with E-state index >= 15 is 0 Å². The van der Waals surface area contributed by atoms with Crippen molar-refractivity contribution < 1.29 is 29.1 Å². The molecule has 0 aliphatic carbocycles. The van der Waals surface area contributed by atoms with Gasteiger partial charge in [-0.1, -0.05) is 18.2 Å². The number of amides is 2. The van der Waals surface area contributed by atoms with Gasteiger partial charge in [0, 0.05) is 57.7 Å². The summed E-state index contributed by atoms with van der Waals surface area (Å²) in [6.07, 6.45) is 2.59. The van der Waals surface area contributed by atoms with Gasteiger partial charge in [0.15, 0.2) is 0 Å². The maximum Gasteiger partial charge on any atom is 0.322 e. The van der Waals surface area contributed by atoms with Crippen LogP contribution in [0.2, 0.25) is 0 Å². The van der Waals surface area contributed by atoms with Crippen LogP contribution in [0.3, 0.4) is 0 Å². The molecule has 2 aromatic carbocycles. The van der Waals surface area contributed by atoms with Crippen LogP contribution in [0.5, 0.6) is 11.5 Å². The van der Waals surface area contributed by atoms with Crippen molar-refractivity contribution in [2.75, 3.05) is 39.3 Å². The van der Waals surface area contributed by atoms with Crippen molar-refractivity contribution in [3.63, 3.8) is 0 Å². The highest BCUT2D eigenvalue weighted by Crippen LogP contribution is 2.48. The molecule has 3 heterocycles. The molecule has 10 heteroatoms. The fourth-order valence-corrected chi connectivity index (χ4v) is 5.79. The predicted octanol–water partition coefficient (Wildman–Crippen LogP) is 2.94. The predicted molar refractivity (Wildman–Crippen MR) is 147 cm³/mol. The maximum absolute atomic E-state index is 14.3. The number of benzene rings is 2. The Bertz CT molecular complexity index is 1220. The Hall–Kier alpha value is -3.63. The minimum Gasteiger partial charge on any atom is -0.508 e. The molecule has 3 aliphatic heterocycles. The van der Waals surface area contributed by atoms with Crippen LogP contribution in [0.15, 0.2) is 42.5 Å². The van der Waals surface area contributed by atoms with Crippen molar-refractivity contribution >= 4 is 17.8 Å². The van der Waals surface area contributed by atoms with Gasteiger partial charge in [-0.25, -0.2) is 0 Å². The van der Waals surface area contributed by atoms with E-state index < -0.39 is 12.0 Å². The second kappa shape index (κ2) is 12.7. The highest BCUT2D eigenvalue weighted by atomic mass is 16.7. The topological polar surface area (TPSA) is 120 Å². The van der Waals surface area contributed by atoms with E-state index in [2.05, 4.69) is 10.6 Å². The molecule has 214 valence electrons. The van der Waals surface area contributed by atoms with Crippen LogP contribution in [0.1, 0.15) is 73.8 Å². The van der Waals surface area contributed by atoms with Gasteiger partial charge < -0.3 is 30.2 Å². The van der Waals surface area contributed by atoms with Crippen molar-refractivity contribution in [2.45, 2.75) is 57.1 Å². The van der Waals surface area contributed by atoms with Crippen molar-refractivity contribution in [1.82, 2.24) is 20.6 Å². The van der Waals surface area contributed by atoms with Crippen LogP contribution in [-0.4, -0.2) is 72.1 Å². The number of carbonyl (C=O) groups excluding carboxylic acids is 3. The number of nitrogens with one attached hydrogen (secondary N) is 2. The third kappa shape index (κ3) is 6.56. The van der Waals surface area contributed by atoms with E-state index in [1.54, 1.807) is 29.3 Å². The molecule has 0 saturated carbocycles. The number of carbonyl (C=O) groups is 3. The van der Waals surface area contributed by atoms with E-state index in [4.69, 9.17) is 9.57 Å². The molecule has 2 amide bonds. The molecule has 0 radical (unpaired) electrons. The van der Waals surface area contributed by atoms with Gasteiger partial charge in [-0.3, -0.25) is 14.4 Å². The van der Waals surface area contributed by atoms with E-state index in [1.165, 1.54) is 6.92 Å². The van der Waals surface area contributed by atoms with Crippen molar-refractivity contribution in [3.8, 4) is 11.5 Å². The molecule has 0 unspecified atom stereocenters. The average Bonchev–Trinajstić information content (AvgIpc) is 3.31. The molecule has 0 saturated heterocycles. The molecule has 0 fully saturated rings. The summed E-state index contributed by atoms with van der Waals surface area (Å²) in [7, 11) is 0. The van der Waals surface area contributed by atoms with Gasteiger partial charge in [0.2, 0.25) is 11.8 Å². The van der Waals surface area contributed by atoms with Crippen LogP contribution in [0, 0.1) is 0 Å². The number of ether oxygens (including phenoxy) is 1. The standard InChI is InChI=1S/C30H38N4O6/c1-20(35)40-34-16-3-2-14-33-15-4-13-32-27(37)19-25(31-12-5-17-34)22-8-11-26-24(18-22)28(30(33)38)29(39-26)21-6-9-23(36)10-7-21/h6-11,18,25,28-29,31,36H,2-5,12-17,19H2,1H3,(H,32,37)/t25-,28+,29-/m1/s1. The first-order valence-corrected chi connectivity index (χ1v) is 14.2. The molecule has 4 bridgehead atoms. The number of phenolic OH excluding ortho intramolecular Hbond substituents is 1. The molecule has 0 aromatic heterocycles. The molecular weight excluding hydrogens is 512 g/mol. The number of rotatable bonds is 2.